The third-order valence-corrected chi connectivity index (χ3v) is 3.10. The number of fused-ring (bicyclic) bond motifs is 1. The van der Waals surface area contributed by atoms with Gasteiger partial charge < -0.3 is 10.3 Å². The normalized spacial score (nSPS) is 10.7. The molecule has 8 nitrogen and oxygen atoms in total. The lowest BCUT2D eigenvalue weighted by Crippen LogP contribution is -2.05. The molecule has 0 spiro atoms. The first-order valence-electron chi connectivity index (χ1n) is 6.27. The van der Waals surface area contributed by atoms with Crippen LogP contribution in [-0.4, -0.2) is 24.9 Å². The van der Waals surface area contributed by atoms with Gasteiger partial charge in [-0.15, -0.1) is 0 Å². The van der Waals surface area contributed by atoms with E-state index in [-0.39, 0.29) is 10.6 Å². The average molecular weight is 284 g/mol. The van der Waals surface area contributed by atoms with Gasteiger partial charge in [0, 0.05) is 18.2 Å². The number of imidazole rings is 1. The van der Waals surface area contributed by atoms with Gasteiger partial charge in [0.25, 0.3) is 5.69 Å². The first-order valence-corrected chi connectivity index (χ1v) is 6.27. The van der Waals surface area contributed by atoms with Crippen LogP contribution >= 0.6 is 0 Å². The van der Waals surface area contributed by atoms with Gasteiger partial charge in [-0.3, -0.25) is 10.1 Å². The number of nitrogens with one attached hydrogen (secondary N) is 2. The first-order chi connectivity index (χ1) is 10.1. The molecule has 0 atom stereocenters. The summed E-state index contributed by atoms with van der Waals surface area (Å²) in [6.07, 6.45) is 2.93. The van der Waals surface area contributed by atoms with Crippen molar-refractivity contribution < 1.29 is 4.92 Å². The quantitative estimate of drug-likeness (QED) is 0.561. The van der Waals surface area contributed by atoms with Gasteiger partial charge in [0.15, 0.2) is 11.5 Å². The van der Waals surface area contributed by atoms with Crippen LogP contribution in [0, 0.1) is 17.0 Å². The Bertz CT molecular complexity index is 813. The van der Waals surface area contributed by atoms with E-state index in [9.17, 15) is 10.1 Å². The minimum Gasteiger partial charge on any atom is -0.364 e. The fraction of sp³-hybridized carbons (Fsp3) is 0.154. The predicted molar refractivity (Wildman–Crippen MR) is 76.8 cm³/mol. The molecule has 0 amide bonds. The molecule has 0 aliphatic carbocycles. The van der Waals surface area contributed by atoms with E-state index in [0.29, 0.717) is 29.1 Å². The minimum absolute atomic E-state index is 0.0861. The van der Waals surface area contributed by atoms with Gasteiger partial charge in [0.2, 0.25) is 0 Å². The van der Waals surface area contributed by atoms with E-state index in [1.54, 1.807) is 12.1 Å². The number of benzene rings is 1. The van der Waals surface area contributed by atoms with E-state index < -0.39 is 0 Å². The van der Waals surface area contributed by atoms with Crippen molar-refractivity contribution in [3.05, 3.63) is 52.1 Å². The highest BCUT2D eigenvalue weighted by molar-refractivity contribution is 5.81. The topological polar surface area (TPSA) is 110 Å². The van der Waals surface area contributed by atoms with Crippen LogP contribution in [0.5, 0.6) is 0 Å². The molecule has 2 heterocycles. The number of aryl methyl sites for hydroxylation is 1. The van der Waals surface area contributed by atoms with Crippen LogP contribution < -0.4 is 5.32 Å². The Morgan fingerprint density at radius 3 is 3.00 bits per heavy atom. The number of hydrogen-bond acceptors (Lipinski definition) is 6. The van der Waals surface area contributed by atoms with Gasteiger partial charge in [-0.25, -0.2) is 15.0 Å². The minimum atomic E-state index is -0.387. The summed E-state index contributed by atoms with van der Waals surface area (Å²) < 4.78 is 0. The van der Waals surface area contributed by atoms with E-state index in [1.165, 1.54) is 18.7 Å². The summed E-state index contributed by atoms with van der Waals surface area (Å²) in [5.74, 6) is 0.563. The highest BCUT2D eigenvalue weighted by Gasteiger charge is 2.14. The molecule has 8 heteroatoms. The summed E-state index contributed by atoms with van der Waals surface area (Å²) in [6, 6.07) is 5.02. The van der Waals surface area contributed by atoms with Crippen LogP contribution in [0.15, 0.2) is 30.9 Å². The van der Waals surface area contributed by atoms with Crippen LogP contribution in [0.3, 0.4) is 0 Å². The molecule has 3 rings (SSSR count). The van der Waals surface area contributed by atoms with Crippen molar-refractivity contribution >= 4 is 22.7 Å². The molecule has 0 bridgehead atoms. The van der Waals surface area contributed by atoms with E-state index in [0.717, 1.165) is 5.56 Å². The zero-order chi connectivity index (χ0) is 14.8. The number of nitrogens with zero attached hydrogens (tertiary/aromatic N) is 4. The molecule has 21 heavy (non-hydrogen) atoms. The van der Waals surface area contributed by atoms with Crippen molar-refractivity contribution in [1.82, 2.24) is 19.9 Å². The fourth-order valence-corrected chi connectivity index (χ4v) is 2.11. The smallest absolute Gasteiger partial charge is 0.274 e. The van der Waals surface area contributed by atoms with E-state index in [1.807, 2.05) is 6.92 Å². The van der Waals surface area contributed by atoms with E-state index in [2.05, 4.69) is 25.3 Å². The van der Waals surface area contributed by atoms with Crippen molar-refractivity contribution in [2.24, 2.45) is 0 Å². The van der Waals surface area contributed by atoms with Gasteiger partial charge in [-0.1, -0.05) is 11.6 Å². The van der Waals surface area contributed by atoms with Crippen LogP contribution in [0.25, 0.3) is 11.2 Å². The lowest BCUT2D eigenvalue weighted by atomic mass is 10.1. The molecule has 1 aromatic carbocycles. The van der Waals surface area contributed by atoms with Crippen molar-refractivity contribution in [2.75, 3.05) is 5.32 Å². The van der Waals surface area contributed by atoms with Crippen molar-refractivity contribution in [3.8, 4) is 0 Å². The van der Waals surface area contributed by atoms with Gasteiger partial charge in [-0.05, 0) is 13.0 Å². The Balaban J connectivity index is 1.90. The summed E-state index contributed by atoms with van der Waals surface area (Å²) in [5, 5.41) is 14.1. The lowest BCUT2D eigenvalue weighted by Gasteiger charge is -2.07. The third kappa shape index (κ3) is 2.50. The number of aromatic amines is 1. The molecule has 0 fully saturated rings. The van der Waals surface area contributed by atoms with Crippen LogP contribution in [0.1, 0.15) is 11.1 Å². The van der Waals surface area contributed by atoms with E-state index in [4.69, 9.17) is 0 Å². The molecule has 0 saturated heterocycles. The molecule has 0 aliphatic rings. The van der Waals surface area contributed by atoms with Crippen LogP contribution in [0.4, 0.5) is 11.5 Å². The summed E-state index contributed by atoms with van der Waals surface area (Å²) in [5.41, 5.74) is 2.88. The number of hydrogen-bond donors (Lipinski definition) is 2. The molecule has 2 N–H and O–H groups in total. The predicted octanol–water partition coefficient (Wildman–Crippen LogP) is 2.18. The zero-order valence-electron chi connectivity index (χ0n) is 11.2. The standard InChI is InChI=1S/C13H12N6O2/c1-8-2-3-10(19(20)21)9(4-8)5-14-12-11-13(16-6-15-11)18-7-17-12/h2-4,6-7H,5H2,1H3,(H2,14,15,16,17,18). The second-order valence-electron chi connectivity index (χ2n) is 4.57. The molecule has 0 unspecified atom stereocenters. The first kappa shape index (κ1) is 13.0. The molecule has 0 saturated carbocycles. The Kier molecular flexibility index (Phi) is 3.19. The molecular weight excluding hydrogens is 272 g/mol. The van der Waals surface area contributed by atoms with Crippen LogP contribution in [0.2, 0.25) is 0 Å². The van der Waals surface area contributed by atoms with Gasteiger partial charge >= 0.3 is 0 Å². The second-order valence-corrected chi connectivity index (χ2v) is 4.57. The van der Waals surface area contributed by atoms with Gasteiger partial charge in [-0.2, -0.15) is 0 Å². The summed E-state index contributed by atoms with van der Waals surface area (Å²) >= 11 is 0. The van der Waals surface area contributed by atoms with Crippen molar-refractivity contribution in [1.29, 1.82) is 0 Å². The molecule has 2 aromatic heterocycles. The summed E-state index contributed by atoms with van der Waals surface area (Å²) in [4.78, 5) is 25.8. The maximum Gasteiger partial charge on any atom is 0.274 e. The largest absolute Gasteiger partial charge is 0.364 e. The molecule has 3 aromatic rings. The number of nitro groups is 1. The SMILES string of the molecule is Cc1ccc([N+](=O)[O-])c(CNc2ncnc3nc[nH]c23)c1. The maximum atomic E-state index is 11.1. The lowest BCUT2D eigenvalue weighted by molar-refractivity contribution is -0.385. The number of anilines is 1. The Labute approximate surface area is 119 Å². The van der Waals surface area contributed by atoms with Crippen molar-refractivity contribution in [3.63, 3.8) is 0 Å². The number of H-pyrrole nitrogens is 1. The third-order valence-electron chi connectivity index (χ3n) is 3.10. The Morgan fingerprint density at radius 2 is 2.19 bits per heavy atom. The Morgan fingerprint density at radius 1 is 1.33 bits per heavy atom. The summed E-state index contributed by atoms with van der Waals surface area (Å²) in [7, 11) is 0. The number of rotatable bonds is 4. The zero-order valence-corrected chi connectivity index (χ0v) is 11.2. The van der Waals surface area contributed by atoms with Gasteiger partial charge in [0.1, 0.15) is 11.8 Å². The average Bonchev–Trinajstić information content (AvgIpc) is 2.93. The molecule has 0 aliphatic heterocycles. The molecule has 106 valence electrons. The summed E-state index contributed by atoms with van der Waals surface area (Å²) in [6.45, 7) is 2.19. The highest BCUT2D eigenvalue weighted by atomic mass is 16.6. The second kappa shape index (κ2) is 5.16. The Hall–Kier alpha value is -3.03. The van der Waals surface area contributed by atoms with Gasteiger partial charge in [0.05, 0.1) is 11.3 Å². The maximum absolute atomic E-state index is 11.1. The van der Waals surface area contributed by atoms with Crippen molar-refractivity contribution in [2.45, 2.75) is 13.5 Å². The molecule has 0 radical (unpaired) electrons. The van der Waals surface area contributed by atoms with Crippen LogP contribution in [-0.2, 0) is 6.54 Å². The number of aromatic nitrogens is 4. The monoisotopic (exact) mass is 284 g/mol. The van der Waals surface area contributed by atoms with E-state index >= 15 is 0 Å². The fourth-order valence-electron chi connectivity index (χ4n) is 2.11. The molecular formula is C13H12N6O2. The highest BCUT2D eigenvalue weighted by Crippen LogP contribution is 2.22. The number of nitro benzene ring substituents is 1.